The molecule has 2 heteroatoms. The summed E-state index contributed by atoms with van der Waals surface area (Å²) in [6.45, 7) is 5.25. The predicted molar refractivity (Wildman–Crippen MR) is 87.3 cm³/mol. The van der Waals surface area contributed by atoms with Gasteiger partial charge in [-0.3, -0.25) is 4.68 Å². The number of benzene rings is 2. The standard InChI is InChI=1S/C19H20N2/c1-15(2)17-9-6-10-18(11-17)19-12-20-21(14-19)13-16-7-4-3-5-8-16/h3-12,14-15H,13H2,1-2H3. The van der Waals surface area contributed by atoms with Gasteiger partial charge < -0.3 is 0 Å². The number of hydrogen-bond donors (Lipinski definition) is 0. The predicted octanol–water partition coefficient (Wildman–Crippen LogP) is 4.72. The summed E-state index contributed by atoms with van der Waals surface area (Å²) in [5, 5.41) is 4.48. The summed E-state index contributed by atoms with van der Waals surface area (Å²) in [7, 11) is 0. The van der Waals surface area contributed by atoms with Gasteiger partial charge in [-0.25, -0.2) is 0 Å². The first kappa shape index (κ1) is 13.6. The molecule has 2 nitrogen and oxygen atoms in total. The van der Waals surface area contributed by atoms with E-state index in [0.29, 0.717) is 5.92 Å². The van der Waals surface area contributed by atoms with Crippen molar-refractivity contribution in [2.24, 2.45) is 0 Å². The summed E-state index contributed by atoms with van der Waals surface area (Å²) < 4.78 is 1.99. The smallest absolute Gasteiger partial charge is 0.0659 e. The molecule has 1 aromatic heterocycles. The molecule has 106 valence electrons. The van der Waals surface area contributed by atoms with Crippen LogP contribution in [0, 0.1) is 0 Å². The van der Waals surface area contributed by atoms with E-state index in [1.54, 1.807) is 0 Å². The van der Waals surface area contributed by atoms with E-state index < -0.39 is 0 Å². The minimum Gasteiger partial charge on any atom is -0.268 e. The van der Waals surface area contributed by atoms with E-state index in [4.69, 9.17) is 0 Å². The van der Waals surface area contributed by atoms with Gasteiger partial charge in [-0.05, 0) is 22.6 Å². The van der Waals surface area contributed by atoms with Crippen LogP contribution in [0.1, 0.15) is 30.9 Å². The van der Waals surface area contributed by atoms with Crippen molar-refractivity contribution in [1.29, 1.82) is 0 Å². The van der Waals surface area contributed by atoms with Crippen molar-refractivity contribution < 1.29 is 0 Å². The van der Waals surface area contributed by atoms with Gasteiger partial charge in [-0.2, -0.15) is 5.10 Å². The Balaban J connectivity index is 1.83. The maximum Gasteiger partial charge on any atom is 0.0659 e. The Hall–Kier alpha value is -2.35. The van der Waals surface area contributed by atoms with Crippen LogP contribution < -0.4 is 0 Å². The molecule has 0 aliphatic carbocycles. The average molecular weight is 276 g/mol. The molecule has 0 fully saturated rings. The van der Waals surface area contributed by atoms with Crippen LogP contribution in [0.25, 0.3) is 11.1 Å². The van der Waals surface area contributed by atoms with E-state index in [1.807, 2.05) is 16.9 Å². The number of aromatic nitrogens is 2. The molecule has 0 N–H and O–H groups in total. The van der Waals surface area contributed by atoms with Gasteiger partial charge in [0.05, 0.1) is 12.7 Å². The molecule has 1 heterocycles. The Bertz CT molecular complexity index is 711. The Kier molecular flexibility index (Phi) is 3.87. The first-order valence-corrected chi connectivity index (χ1v) is 7.39. The maximum atomic E-state index is 4.48. The second kappa shape index (κ2) is 5.96. The molecule has 0 aliphatic heterocycles. The number of rotatable bonds is 4. The van der Waals surface area contributed by atoms with E-state index >= 15 is 0 Å². The Labute approximate surface area is 126 Å². The topological polar surface area (TPSA) is 17.8 Å². The fourth-order valence-electron chi connectivity index (χ4n) is 2.45. The third kappa shape index (κ3) is 3.22. The molecule has 0 radical (unpaired) electrons. The zero-order chi connectivity index (χ0) is 14.7. The van der Waals surface area contributed by atoms with Crippen molar-refractivity contribution in [1.82, 2.24) is 9.78 Å². The summed E-state index contributed by atoms with van der Waals surface area (Å²) in [4.78, 5) is 0. The highest BCUT2D eigenvalue weighted by atomic mass is 15.3. The minimum atomic E-state index is 0.546. The molecule has 0 amide bonds. The van der Waals surface area contributed by atoms with E-state index in [1.165, 1.54) is 22.3 Å². The first-order chi connectivity index (χ1) is 10.2. The van der Waals surface area contributed by atoms with Crippen molar-refractivity contribution in [3.63, 3.8) is 0 Å². The molecule has 0 spiro atoms. The highest BCUT2D eigenvalue weighted by molar-refractivity contribution is 5.62. The van der Waals surface area contributed by atoms with Crippen LogP contribution >= 0.6 is 0 Å². The Morgan fingerprint density at radius 3 is 2.52 bits per heavy atom. The van der Waals surface area contributed by atoms with Crippen molar-refractivity contribution in [3.8, 4) is 11.1 Å². The fourth-order valence-corrected chi connectivity index (χ4v) is 2.45. The lowest BCUT2D eigenvalue weighted by Crippen LogP contribution is -1.99. The molecule has 0 saturated carbocycles. The zero-order valence-corrected chi connectivity index (χ0v) is 12.5. The van der Waals surface area contributed by atoms with Gasteiger partial charge in [-0.15, -0.1) is 0 Å². The molecule has 0 unspecified atom stereocenters. The summed E-state index contributed by atoms with van der Waals surface area (Å²) in [6.07, 6.45) is 4.06. The van der Waals surface area contributed by atoms with Gasteiger partial charge in [0, 0.05) is 11.8 Å². The first-order valence-electron chi connectivity index (χ1n) is 7.39. The highest BCUT2D eigenvalue weighted by Gasteiger charge is 2.05. The molecule has 2 aromatic carbocycles. The maximum absolute atomic E-state index is 4.48. The Morgan fingerprint density at radius 2 is 1.76 bits per heavy atom. The molecule has 0 saturated heterocycles. The normalized spacial score (nSPS) is 11.0. The van der Waals surface area contributed by atoms with E-state index in [2.05, 4.69) is 73.7 Å². The second-order valence-corrected chi connectivity index (χ2v) is 5.69. The molecule has 0 atom stereocenters. The van der Waals surface area contributed by atoms with E-state index in [0.717, 1.165) is 6.54 Å². The number of hydrogen-bond acceptors (Lipinski definition) is 1. The Morgan fingerprint density at radius 1 is 0.952 bits per heavy atom. The van der Waals surface area contributed by atoms with Gasteiger partial charge in [-0.1, -0.05) is 68.4 Å². The summed E-state index contributed by atoms with van der Waals surface area (Å²) >= 11 is 0. The molecule has 0 aliphatic rings. The van der Waals surface area contributed by atoms with Crippen molar-refractivity contribution in [3.05, 3.63) is 78.1 Å². The monoisotopic (exact) mass is 276 g/mol. The number of nitrogens with zero attached hydrogens (tertiary/aromatic N) is 2. The molecule has 3 rings (SSSR count). The molecule has 21 heavy (non-hydrogen) atoms. The van der Waals surface area contributed by atoms with Crippen LogP contribution in [0.4, 0.5) is 0 Å². The molecular weight excluding hydrogens is 256 g/mol. The van der Waals surface area contributed by atoms with Crippen LogP contribution in [-0.4, -0.2) is 9.78 Å². The second-order valence-electron chi connectivity index (χ2n) is 5.69. The molecular formula is C19H20N2. The highest BCUT2D eigenvalue weighted by Crippen LogP contribution is 2.23. The van der Waals surface area contributed by atoms with Gasteiger partial charge in [0.25, 0.3) is 0 Å². The van der Waals surface area contributed by atoms with Gasteiger partial charge in [0.15, 0.2) is 0 Å². The van der Waals surface area contributed by atoms with Gasteiger partial charge in [0.1, 0.15) is 0 Å². The summed E-state index contributed by atoms with van der Waals surface area (Å²) in [6, 6.07) is 19.1. The van der Waals surface area contributed by atoms with Crippen LogP contribution in [0.3, 0.4) is 0 Å². The SMILES string of the molecule is CC(C)c1cccc(-c2cnn(Cc3ccccc3)c2)c1. The lowest BCUT2D eigenvalue weighted by molar-refractivity contribution is 0.687. The fraction of sp³-hybridized carbons (Fsp3) is 0.211. The van der Waals surface area contributed by atoms with Crippen LogP contribution in [0.5, 0.6) is 0 Å². The van der Waals surface area contributed by atoms with E-state index in [-0.39, 0.29) is 0 Å². The quantitative estimate of drug-likeness (QED) is 0.674. The van der Waals surface area contributed by atoms with E-state index in [9.17, 15) is 0 Å². The third-order valence-corrected chi connectivity index (χ3v) is 3.71. The van der Waals surface area contributed by atoms with Crippen LogP contribution in [-0.2, 0) is 6.54 Å². The lowest BCUT2D eigenvalue weighted by Gasteiger charge is -2.06. The van der Waals surface area contributed by atoms with Crippen LogP contribution in [0.2, 0.25) is 0 Å². The minimum absolute atomic E-state index is 0.546. The lowest BCUT2D eigenvalue weighted by atomic mass is 9.99. The summed E-state index contributed by atoms with van der Waals surface area (Å²) in [5.41, 5.74) is 5.04. The largest absolute Gasteiger partial charge is 0.268 e. The van der Waals surface area contributed by atoms with Crippen molar-refractivity contribution in [2.75, 3.05) is 0 Å². The molecule has 3 aromatic rings. The average Bonchev–Trinajstić information content (AvgIpc) is 2.97. The van der Waals surface area contributed by atoms with Crippen molar-refractivity contribution in [2.45, 2.75) is 26.3 Å². The van der Waals surface area contributed by atoms with Crippen molar-refractivity contribution >= 4 is 0 Å². The summed E-state index contributed by atoms with van der Waals surface area (Å²) in [5.74, 6) is 0.546. The molecule has 0 bridgehead atoms. The zero-order valence-electron chi connectivity index (χ0n) is 12.5. The van der Waals surface area contributed by atoms with Gasteiger partial charge in [0.2, 0.25) is 0 Å². The van der Waals surface area contributed by atoms with Crippen LogP contribution in [0.15, 0.2) is 67.0 Å². The van der Waals surface area contributed by atoms with Gasteiger partial charge >= 0.3 is 0 Å². The third-order valence-electron chi connectivity index (χ3n) is 3.71.